The molecule has 0 spiro atoms. The first-order valence-electron chi connectivity index (χ1n) is 9.29. The second-order valence-electron chi connectivity index (χ2n) is 6.84. The van der Waals surface area contributed by atoms with Crippen molar-refractivity contribution >= 4 is 23.5 Å². The van der Waals surface area contributed by atoms with Crippen LogP contribution < -0.4 is 21.4 Å². The lowest BCUT2D eigenvalue weighted by atomic mass is 10.1. The van der Waals surface area contributed by atoms with E-state index in [-0.39, 0.29) is 12.1 Å². The molecule has 2 aliphatic heterocycles. The van der Waals surface area contributed by atoms with Gasteiger partial charge in [0.15, 0.2) is 0 Å². The van der Waals surface area contributed by atoms with Gasteiger partial charge in [-0.1, -0.05) is 30.3 Å². The minimum Gasteiger partial charge on any atom is -0.377 e. The van der Waals surface area contributed by atoms with Crippen LogP contribution in [0.5, 0.6) is 0 Å². The smallest absolute Gasteiger partial charge is 0.139 e. The third-order valence-electron chi connectivity index (χ3n) is 4.87. The van der Waals surface area contributed by atoms with E-state index in [0.29, 0.717) is 24.8 Å². The standard InChI is InChI=1S/C20H25N7O/c1-22-20-15(10-21)17(23-14-11-28-12-14)8-18(25-20)24-19-9-16(26-27(19)2)13-6-4-3-5-7-13/h3-10,14,16,21,26H,11-12H2,1-2H3,(H3,22,23,24,25). The Hall–Kier alpha value is -3.10. The van der Waals surface area contributed by atoms with Gasteiger partial charge in [-0.2, -0.15) is 0 Å². The van der Waals surface area contributed by atoms with Crippen LogP contribution in [0.1, 0.15) is 17.2 Å². The summed E-state index contributed by atoms with van der Waals surface area (Å²) in [4.78, 5) is 4.63. The normalized spacial score (nSPS) is 19.0. The highest BCUT2D eigenvalue weighted by molar-refractivity contribution is 5.93. The Labute approximate surface area is 164 Å². The summed E-state index contributed by atoms with van der Waals surface area (Å²) < 4.78 is 5.25. The van der Waals surface area contributed by atoms with Gasteiger partial charge in [0.2, 0.25) is 0 Å². The Morgan fingerprint density at radius 1 is 1.29 bits per heavy atom. The molecule has 5 N–H and O–H groups in total. The number of hydrogen-bond donors (Lipinski definition) is 5. The molecule has 0 saturated carbocycles. The van der Waals surface area contributed by atoms with Gasteiger partial charge in [0.05, 0.1) is 36.5 Å². The summed E-state index contributed by atoms with van der Waals surface area (Å²) in [6, 6.07) is 12.6. The van der Waals surface area contributed by atoms with E-state index in [2.05, 4.69) is 44.6 Å². The van der Waals surface area contributed by atoms with Crippen LogP contribution in [0.4, 0.5) is 17.3 Å². The van der Waals surface area contributed by atoms with Gasteiger partial charge in [-0.3, -0.25) is 5.01 Å². The number of pyridine rings is 1. The lowest BCUT2D eigenvalue weighted by Gasteiger charge is -2.29. The lowest BCUT2D eigenvalue weighted by molar-refractivity contribution is 0.0211. The number of anilines is 3. The zero-order valence-corrected chi connectivity index (χ0v) is 16.0. The van der Waals surface area contributed by atoms with Gasteiger partial charge in [0.25, 0.3) is 0 Å². The molecule has 28 heavy (non-hydrogen) atoms. The Bertz CT molecular complexity index is 880. The van der Waals surface area contributed by atoms with E-state index in [4.69, 9.17) is 10.1 Å². The summed E-state index contributed by atoms with van der Waals surface area (Å²) >= 11 is 0. The molecule has 1 aromatic carbocycles. The molecule has 1 saturated heterocycles. The quantitative estimate of drug-likeness (QED) is 0.471. The van der Waals surface area contributed by atoms with E-state index in [1.807, 2.05) is 43.4 Å². The van der Waals surface area contributed by atoms with Gasteiger partial charge >= 0.3 is 0 Å². The summed E-state index contributed by atoms with van der Waals surface area (Å²) in [7, 11) is 3.78. The summed E-state index contributed by atoms with van der Waals surface area (Å²) in [6.07, 6.45) is 3.45. The molecular weight excluding hydrogens is 354 g/mol. The van der Waals surface area contributed by atoms with Crippen LogP contribution in [-0.2, 0) is 4.74 Å². The van der Waals surface area contributed by atoms with Crippen LogP contribution in [0.3, 0.4) is 0 Å². The van der Waals surface area contributed by atoms with Gasteiger partial charge in [-0.25, -0.2) is 10.4 Å². The highest BCUT2D eigenvalue weighted by Crippen LogP contribution is 2.29. The molecule has 1 atom stereocenters. The van der Waals surface area contributed by atoms with E-state index in [1.165, 1.54) is 11.8 Å². The number of nitrogens with zero attached hydrogens (tertiary/aromatic N) is 2. The molecule has 2 aliphatic rings. The van der Waals surface area contributed by atoms with Gasteiger partial charge < -0.3 is 26.1 Å². The maximum Gasteiger partial charge on any atom is 0.139 e. The Balaban J connectivity index is 1.59. The molecule has 1 aromatic heterocycles. The molecule has 1 fully saturated rings. The first-order valence-corrected chi connectivity index (χ1v) is 9.29. The molecule has 0 bridgehead atoms. The van der Waals surface area contributed by atoms with E-state index < -0.39 is 0 Å². The molecule has 2 aromatic rings. The second kappa shape index (κ2) is 7.87. The number of nitrogens with one attached hydrogen (secondary N) is 5. The predicted molar refractivity (Wildman–Crippen MR) is 112 cm³/mol. The lowest BCUT2D eigenvalue weighted by Crippen LogP contribution is -2.40. The Kier molecular flexibility index (Phi) is 5.14. The zero-order chi connectivity index (χ0) is 19.5. The van der Waals surface area contributed by atoms with Gasteiger partial charge in [0.1, 0.15) is 17.5 Å². The van der Waals surface area contributed by atoms with Crippen LogP contribution in [0.2, 0.25) is 0 Å². The number of ether oxygens (including phenoxy) is 1. The third kappa shape index (κ3) is 3.64. The molecule has 0 amide bonds. The minimum atomic E-state index is 0.100. The van der Waals surface area contributed by atoms with Crippen molar-refractivity contribution in [2.75, 3.05) is 43.3 Å². The number of benzene rings is 1. The zero-order valence-electron chi connectivity index (χ0n) is 16.0. The Morgan fingerprint density at radius 2 is 2.07 bits per heavy atom. The molecule has 8 heteroatoms. The second-order valence-corrected chi connectivity index (χ2v) is 6.84. The van der Waals surface area contributed by atoms with Crippen molar-refractivity contribution in [1.29, 1.82) is 5.41 Å². The van der Waals surface area contributed by atoms with E-state index >= 15 is 0 Å². The van der Waals surface area contributed by atoms with Crippen LogP contribution in [0.25, 0.3) is 0 Å². The SMILES string of the molecule is CNc1nc(NC2=CC(c3ccccc3)NN2C)cc(NC2COC2)c1C=N. The molecule has 0 aliphatic carbocycles. The summed E-state index contributed by atoms with van der Waals surface area (Å²) in [5, 5.41) is 19.6. The molecule has 146 valence electrons. The minimum absolute atomic E-state index is 0.100. The molecule has 1 unspecified atom stereocenters. The first kappa shape index (κ1) is 18.3. The maximum absolute atomic E-state index is 7.77. The topological polar surface area (TPSA) is 97.3 Å². The molecule has 3 heterocycles. The number of rotatable bonds is 7. The predicted octanol–water partition coefficient (Wildman–Crippen LogP) is 2.38. The number of aromatic nitrogens is 1. The largest absolute Gasteiger partial charge is 0.377 e. The van der Waals surface area contributed by atoms with E-state index in [1.54, 1.807) is 0 Å². The summed E-state index contributed by atoms with van der Waals surface area (Å²) in [6.45, 7) is 1.35. The van der Waals surface area contributed by atoms with E-state index in [9.17, 15) is 0 Å². The van der Waals surface area contributed by atoms with Crippen molar-refractivity contribution in [2.45, 2.75) is 12.1 Å². The summed E-state index contributed by atoms with van der Waals surface area (Å²) in [5.74, 6) is 2.27. The molecule has 8 nitrogen and oxygen atoms in total. The fourth-order valence-electron chi connectivity index (χ4n) is 3.29. The van der Waals surface area contributed by atoms with E-state index in [0.717, 1.165) is 17.1 Å². The monoisotopic (exact) mass is 379 g/mol. The van der Waals surface area contributed by atoms with Crippen LogP contribution in [0.15, 0.2) is 48.3 Å². The number of hydrazine groups is 1. The van der Waals surface area contributed by atoms with Gasteiger partial charge in [-0.15, -0.1) is 0 Å². The summed E-state index contributed by atoms with van der Waals surface area (Å²) in [5.41, 5.74) is 6.21. The van der Waals surface area contributed by atoms with Crippen molar-refractivity contribution in [2.24, 2.45) is 0 Å². The average molecular weight is 379 g/mol. The number of hydrogen-bond acceptors (Lipinski definition) is 8. The Morgan fingerprint density at radius 3 is 2.71 bits per heavy atom. The van der Waals surface area contributed by atoms with Crippen molar-refractivity contribution in [1.82, 2.24) is 15.4 Å². The third-order valence-corrected chi connectivity index (χ3v) is 4.87. The molecule has 4 rings (SSSR count). The fourth-order valence-corrected chi connectivity index (χ4v) is 3.29. The van der Waals surface area contributed by atoms with Gasteiger partial charge in [-0.05, 0) is 11.6 Å². The highest BCUT2D eigenvalue weighted by Gasteiger charge is 2.23. The molecular formula is C20H25N7O. The first-order chi connectivity index (χ1) is 13.7. The maximum atomic E-state index is 7.77. The van der Waals surface area contributed by atoms with Crippen LogP contribution in [-0.4, -0.2) is 49.6 Å². The van der Waals surface area contributed by atoms with Crippen molar-refractivity contribution in [3.8, 4) is 0 Å². The van der Waals surface area contributed by atoms with Crippen molar-refractivity contribution in [3.05, 3.63) is 59.4 Å². The van der Waals surface area contributed by atoms with Crippen LogP contribution in [0, 0.1) is 5.41 Å². The van der Waals surface area contributed by atoms with Gasteiger partial charge in [0, 0.05) is 26.4 Å². The van der Waals surface area contributed by atoms with Crippen molar-refractivity contribution in [3.63, 3.8) is 0 Å². The molecule has 0 radical (unpaired) electrons. The average Bonchev–Trinajstić information content (AvgIpc) is 3.05. The fraction of sp³-hybridized carbons (Fsp3) is 0.300. The van der Waals surface area contributed by atoms with Crippen LogP contribution >= 0.6 is 0 Å². The van der Waals surface area contributed by atoms with Crippen molar-refractivity contribution < 1.29 is 4.74 Å². The highest BCUT2D eigenvalue weighted by atomic mass is 16.5.